The van der Waals surface area contributed by atoms with Gasteiger partial charge in [-0.3, -0.25) is 4.90 Å². The standard InChI is InChI=1S/C19H24N2O.2C2H6/c1-3-7-17(8-4-1)19(18-9-5-2-6-10-18)22-16-15-21-13-11-20-12-14-21;2*1-2/h1-10,19-20H,11-16H2;2*1-2H3. The highest BCUT2D eigenvalue weighted by molar-refractivity contribution is 5.29. The molecule has 1 N–H and O–H groups in total. The van der Waals surface area contributed by atoms with Crippen LogP contribution in [0.1, 0.15) is 44.9 Å². The van der Waals surface area contributed by atoms with E-state index in [9.17, 15) is 0 Å². The van der Waals surface area contributed by atoms with Crippen molar-refractivity contribution in [2.45, 2.75) is 33.8 Å². The molecule has 0 atom stereocenters. The van der Waals surface area contributed by atoms with Crippen molar-refractivity contribution < 1.29 is 4.74 Å². The third kappa shape index (κ3) is 7.69. The van der Waals surface area contributed by atoms with E-state index in [1.807, 2.05) is 39.8 Å². The summed E-state index contributed by atoms with van der Waals surface area (Å²) in [4.78, 5) is 2.46. The van der Waals surface area contributed by atoms with Crippen LogP contribution in [-0.2, 0) is 4.74 Å². The Bertz CT molecular complexity index is 499. The summed E-state index contributed by atoms with van der Waals surface area (Å²) in [6.45, 7) is 14.2. The first kappa shape index (κ1) is 22.4. The second-order valence-electron chi connectivity index (χ2n) is 5.66. The number of nitrogens with zero attached hydrogens (tertiary/aromatic N) is 1. The van der Waals surface area contributed by atoms with Crippen LogP contribution >= 0.6 is 0 Å². The summed E-state index contributed by atoms with van der Waals surface area (Å²) in [6.07, 6.45) is 0.0188. The smallest absolute Gasteiger partial charge is 0.108 e. The van der Waals surface area contributed by atoms with E-state index in [4.69, 9.17) is 4.74 Å². The van der Waals surface area contributed by atoms with Crippen molar-refractivity contribution in [2.24, 2.45) is 0 Å². The Morgan fingerprint density at radius 3 is 1.73 bits per heavy atom. The molecule has 1 fully saturated rings. The molecule has 1 heterocycles. The fourth-order valence-corrected chi connectivity index (χ4v) is 2.87. The minimum Gasteiger partial charge on any atom is -0.367 e. The molecule has 0 amide bonds. The van der Waals surface area contributed by atoms with Gasteiger partial charge in [-0.25, -0.2) is 0 Å². The van der Waals surface area contributed by atoms with E-state index >= 15 is 0 Å². The van der Waals surface area contributed by atoms with E-state index in [2.05, 4.69) is 58.7 Å². The summed E-state index contributed by atoms with van der Waals surface area (Å²) < 4.78 is 6.25. The zero-order valence-corrected chi connectivity index (χ0v) is 16.9. The zero-order chi connectivity index (χ0) is 19.0. The lowest BCUT2D eigenvalue weighted by molar-refractivity contribution is 0.0573. The molecule has 0 aromatic heterocycles. The number of nitrogens with one attached hydrogen (secondary N) is 1. The average molecular weight is 357 g/mol. The van der Waals surface area contributed by atoms with Crippen LogP contribution in [-0.4, -0.2) is 44.2 Å². The molecule has 3 heteroatoms. The molecule has 3 rings (SSSR count). The van der Waals surface area contributed by atoms with Crippen LogP contribution in [0.5, 0.6) is 0 Å². The van der Waals surface area contributed by atoms with Gasteiger partial charge >= 0.3 is 0 Å². The maximum Gasteiger partial charge on any atom is 0.108 e. The molecule has 144 valence electrons. The van der Waals surface area contributed by atoms with Crippen LogP contribution in [0.3, 0.4) is 0 Å². The lowest BCUT2D eigenvalue weighted by atomic mass is 10.0. The fraction of sp³-hybridized carbons (Fsp3) is 0.478. The average Bonchev–Trinajstić information content (AvgIpc) is 2.76. The summed E-state index contributed by atoms with van der Waals surface area (Å²) in [7, 11) is 0. The minimum absolute atomic E-state index is 0.0188. The van der Waals surface area contributed by atoms with Gasteiger partial charge in [0.25, 0.3) is 0 Å². The topological polar surface area (TPSA) is 24.5 Å². The van der Waals surface area contributed by atoms with Crippen LogP contribution in [0.4, 0.5) is 0 Å². The van der Waals surface area contributed by atoms with Crippen LogP contribution in [0.2, 0.25) is 0 Å². The monoisotopic (exact) mass is 356 g/mol. The van der Waals surface area contributed by atoms with Crippen molar-refractivity contribution in [3.05, 3.63) is 71.8 Å². The molecule has 0 bridgehead atoms. The van der Waals surface area contributed by atoms with Crippen LogP contribution in [0.25, 0.3) is 0 Å². The van der Waals surface area contributed by atoms with E-state index in [-0.39, 0.29) is 6.10 Å². The van der Waals surface area contributed by atoms with Gasteiger partial charge in [0.2, 0.25) is 0 Å². The molecule has 2 aromatic carbocycles. The van der Waals surface area contributed by atoms with Crippen molar-refractivity contribution in [3.8, 4) is 0 Å². The van der Waals surface area contributed by atoms with Crippen LogP contribution < -0.4 is 5.32 Å². The van der Waals surface area contributed by atoms with E-state index in [0.29, 0.717) is 0 Å². The Kier molecular flexibility index (Phi) is 12.5. The third-order valence-electron chi connectivity index (χ3n) is 4.11. The molecule has 2 aromatic rings. The minimum atomic E-state index is 0.0188. The largest absolute Gasteiger partial charge is 0.367 e. The Hall–Kier alpha value is -1.68. The van der Waals surface area contributed by atoms with Gasteiger partial charge in [-0.2, -0.15) is 0 Å². The molecule has 3 nitrogen and oxygen atoms in total. The van der Waals surface area contributed by atoms with Crippen molar-refractivity contribution >= 4 is 0 Å². The Morgan fingerprint density at radius 1 is 0.808 bits per heavy atom. The first-order valence-corrected chi connectivity index (χ1v) is 10.1. The number of hydrogen-bond donors (Lipinski definition) is 1. The summed E-state index contributed by atoms with van der Waals surface area (Å²) in [5.74, 6) is 0. The van der Waals surface area contributed by atoms with Gasteiger partial charge in [-0.05, 0) is 11.1 Å². The highest BCUT2D eigenvalue weighted by atomic mass is 16.5. The van der Waals surface area contributed by atoms with Gasteiger partial charge in [0.15, 0.2) is 0 Å². The number of piperazine rings is 1. The molecule has 0 aliphatic carbocycles. The van der Waals surface area contributed by atoms with E-state index in [1.54, 1.807) is 0 Å². The molecule has 0 spiro atoms. The molecule has 0 unspecified atom stereocenters. The Balaban J connectivity index is 0.000000791. The maximum absolute atomic E-state index is 6.25. The highest BCUT2D eigenvalue weighted by Gasteiger charge is 2.15. The van der Waals surface area contributed by atoms with Crippen molar-refractivity contribution in [3.63, 3.8) is 0 Å². The molecule has 26 heavy (non-hydrogen) atoms. The normalized spacial score (nSPS) is 14.0. The van der Waals surface area contributed by atoms with Gasteiger partial charge in [0.05, 0.1) is 6.61 Å². The number of hydrogen-bond acceptors (Lipinski definition) is 3. The predicted octanol–water partition coefficient (Wildman–Crippen LogP) is 4.75. The summed E-state index contributed by atoms with van der Waals surface area (Å²) in [6, 6.07) is 21.0. The quantitative estimate of drug-likeness (QED) is 0.808. The lowest BCUT2D eigenvalue weighted by Crippen LogP contribution is -2.44. The van der Waals surface area contributed by atoms with Crippen molar-refractivity contribution in [1.82, 2.24) is 10.2 Å². The number of rotatable bonds is 6. The third-order valence-corrected chi connectivity index (χ3v) is 4.11. The van der Waals surface area contributed by atoms with Gasteiger partial charge < -0.3 is 10.1 Å². The first-order valence-electron chi connectivity index (χ1n) is 10.1. The zero-order valence-electron chi connectivity index (χ0n) is 16.9. The summed E-state index contributed by atoms with van der Waals surface area (Å²) >= 11 is 0. The Labute approximate surface area is 160 Å². The van der Waals surface area contributed by atoms with Crippen LogP contribution in [0.15, 0.2) is 60.7 Å². The highest BCUT2D eigenvalue weighted by Crippen LogP contribution is 2.25. The second kappa shape index (κ2) is 14.5. The molecular weight excluding hydrogens is 320 g/mol. The lowest BCUT2D eigenvalue weighted by Gasteiger charge is -2.28. The fourth-order valence-electron chi connectivity index (χ4n) is 2.87. The molecule has 1 saturated heterocycles. The summed E-state index contributed by atoms with van der Waals surface area (Å²) in [5, 5.41) is 3.38. The first-order chi connectivity index (χ1) is 12.9. The number of benzene rings is 2. The van der Waals surface area contributed by atoms with Gasteiger partial charge in [0.1, 0.15) is 6.10 Å². The number of ether oxygens (including phenoxy) is 1. The van der Waals surface area contributed by atoms with Crippen molar-refractivity contribution in [1.29, 1.82) is 0 Å². The molecular formula is C23H36N2O. The van der Waals surface area contributed by atoms with E-state index in [1.165, 1.54) is 11.1 Å². The van der Waals surface area contributed by atoms with E-state index < -0.39 is 0 Å². The van der Waals surface area contributed by atoms with Gasteiger partial charge in [-0.15, -0.1) is 0 Å². The van der Waals surface area contributed by atoms with Crippen LogP contribution in [0, 0.1) is 0 Å². The van der Waals surface area contributed by atoms with E-state index in [0.717, 1.165) is 39.3 Å². The van der Waals surface area contributed by atoms with Crippen molar-refractivity contribution in [2.75, 3.05) is 39.3 Å². The molecule has 0 radical (unpaired) electrons. The molecule has 1 aliphatic rings. The molecule has 1 aliphatic heterocycles. The predicted molar refractivity (Wildman–Crippen MR) is 113 cm³/mol. The second-order valence-corrected chi connectivity index (χ2v) is 5.66. The van der Waals surface area contributed by atoms with Gasteiger partial charge in [0, 0.05) is 32.7 Å². The SMILES string of the molecule is CC.CC.c1ccc(C(OCCN2CCNCC2)c2ccccc2)cc1. The summed E-state index contributed by atoms with van der Waals surface area (Å²) in [5.41, 5.74) is 2.43. The van der Waals surface area contributed by atoms with Gasteiger partial charge in [-0.1, -0.05) is 88.4 Å². The Morgan fingerprint density at radius 2 is 1.27 bits per heavy atom. The maximum atomic E-state index is 6.25. The molecule has 0 saturated carbocycles.